The van der Waals surface area contributed by atoms with Gasteiger partial charge in [0.15, 0.2) is 10.9 Å². The van der Waals surface area contributed by atoms with Crippen LogP contribution < -0.4 is 21.5 Å². The molecule has 0 saturated heterocycles. The second kappa shape index (κ2) is 11.0. The molecule has 0 spiro atoms. The van der Waals surface area contributed by atoms with Crippen LogP contribution in [-0.2, 0) is 23.7 Å². The molecule has 8 heteroatoms. The number of pyridine rings is 2. The number of fused-ring (bicyclic) bond motifs is 4. The van der Waals surface area contributed by atoms with Crippen LogP contribution in [0, 0.1) is 0 Å². The number of benzene rings is 4. The van der Waals surface area contributed by atoms with E-state index in [-0.39, 0.29) is 35.5 Å². The van der Waals surface area contributed by atoms with E-state index < -0.39 is 0 Å². The highest BCUT2D eigenvalue weighted by molar-refractivity contribution is 5.99. The van der Waals surface area contributed by atoms with Crippen LogP contribution in [0.1, 0.15) is 25.7 Å². The predicted octanol–water partition coefficient (Wildman–Crippen LogP) is 5.83. The number of aromatic nitrogens is 2. The van der Waals surface area contributed by atoms with E-state index in [1.807, 2.05) is 71.8 Å². The Hall–Kier alpha value is -5.24. The number of hydrogen-bond acceptors (Lipinski definition) is 4. The summed E-state index contributed by atoms with van der Waals surface area (Å²) in [5.74, 6) is -0.352. The zero-order valence-corrected chi connectivity index (χ0v) is 23.4. The lowest BCUT2D eigenvalue weighted by atomic mass is 10.1. The SMILES string of the molecule is Cn1c2ccccc2c(=O)c2cc(NC(=O)CCCCC(=O)Nc3ccc4c(c3)c(=O)c3ccccc3n4C)ccc21. The van der Waals surface area contributed by atoms with Crippen molar-refractivity contribution in [1.29, 1.82) is 0 Å². The number of anilines is 2. The van der Waals surface area contributed by atoms with Gasteiger partial charge in [-0.05, 0) is 73.5 Å². The minimum Gasteiger partial charge on any atom is -0.343 e. The van der Waals surface area contributed by atoms with E-state index in [0.29, 0.717) is 45.8 Å². The van der Waals surface area contributed by atoms with Crippen molar-refractivity contribution in [3.05, 3.63) is 105 Å². The predicted molar refractivity (Wildman–Crippen MR) is 169 cm³/mol. The van der Waals surface area contributed by atoms with Crippen molar-refractivity contribution in [3.8, 4) is 0 Å². The van der Waals surface area contributed by atoms with Crippen LogP contribution in [0.4, 0.5) is 11.4 Å². The van der Waals surface area contributed by atoms with Gasteiger partial charge in [0.25, 0.3) is 0 Å². The van der Waals surface area contributed by atoms with Gasteiger partial charge in [-0.1, -0.05) is 24.3 Å². The molecule has 0 aliphatic rings. The summed E-state index contributed by atoms with van der Waals surface area (Å²) >= 11 is 0. The Bertz CT molecular complexity index is 2010. The Morgan fingerprint density at radius 1 is 0.548 bits per heavy atom. The smallest absolute Gasteiger partial charge is 0.224 e. The van der Waals surface area contributed by atoms with Gasteiger partial charge >= 0.3 is 0 Å². The van der Waals surface area contributed by atoms with Gasteiger partial charge in [0.1, 0.15) is 0 Å². The van der Waals surface area contributed by atoms with E-state index in [1.54, 1.807) is 36.4 Å². The van der Waals surface area contributed by atoms with Crippen LogP contribution in [-0.4, -0.2) is 20.9 Å². The lowest BCUT2D eigenvalue weighted by Crippen LogP contribution is -2.14. The standard InChI is InChI=1S/C34H30N4O4/c1-37-27-11-5-3-9-23(27)33(41)25-19-21(15-17-29(25)37)35-31(39)13-7-8-14-32(40)36-22-16-18-30-26(20-22)34(42)24-10-4-6-12-28(24)38(30)2/h3-6,9-12,15-20H,7-8,13-14H2,1-2H3,(H,35,39)(H,36,40). The Morgan fingerprint density at radius 3 is 1.36 bits per heavy atom. The molecule has 210 valence electrons. The summed E-state index contributed by atoms with van der Waals surface area (Å²) in [6, 6.07) is 25.6. The summed E-state index contributed by atoms with van der Waals surface area (Å²) in [4.78, 5) is 51.3. The quantitative estimate of drug-likeness (QED) is 0.190. The molecule has 0 saturated carbocycles. The van der Waals surface area contributed by atoms with E-state index >= 15 is 0 Å². The van der Waals surface area contributed by atoms with Crippen molar-refractivity contribution < 1.29 is 9.59 Å². The van der Waals surface area contributed by atoms with E-state index in [4.69, 9.17) is 0 Å². The molecule has 0 aliphatic heterocycles. The number of nitrogens with zero attached hydrogens (tertiary/aromatic N) is 2. The summed E-state index contributed by atoms with van der Waals surface area (Å²) in [5.41, 5.74) is 4.29. The molecule has 0 aliphatic carbocycles. The summed E-state index contributed by atoms with van der Waals surface area (Å²) in [6.45, 7) is 0. The molecule has 2 amide bonds. The van der Waals surface area contributed by atoms with Crippen molar-refractivity contribution in [2.75, 3.05) is 10.6 Å². The van der Waals surface area contributed by atoms with Crippen LogP contribution in [0.15, 0.2) is 94.5 Å². The Labute approximate surface area is 241 Å². The molecule has 6 rings (SSSR count). The zero-order valence-electron chi connectivity index (χ0n) is 23.4. The molecule has 2 heterocycles. The summed E-state index contributed by atoms with van der Waals surface area (Å²) in [7, 11) is 3.84. The number of nitrogens with one attached hydrogen (secondary N) is 2. The Kier molecular flexibility index (Phi) is 7.04. The number of hydrogen-bond donors (Lipinski definition) is 2. The Morgan fingerprint density at radius 2 is 0.929 bits per heavy atom. The third kappa shape index (κ3) is 4.92. The molecule has 42 heavy (non-hydrogen) atoms. The Balaban J connectivity index is 1.05. The lowest BCUT2D eigenvalue weighted by Gasteiger charge is -2.12. The van der Waals surface area contributed by atoms with E-state index in [0.717, 1.165) is 22.1 Å². The van der Waals surface area contributed by atoms with E-state index in [1.165, 1.54) is 0 Å². The average Bonchev–Trinajstić information content (AvgIpc) is 3.01. The van der Waals surface area contributed by atoms with E-state index in [9.17, 15) is 19.2 Å². The largest absolute Gasteiger partial charge is 0.343 e. The van der Waals surface area contributed by atoms with Gasteiger partial charge in [-0.3, -0.25) is 19.2 Å². The highest BCUT2D eigenvalue weighted by atomic mass is 16.2. The van der Waals surface area contributed by atoms with Gasteiger partial charge in [-0.15, -0.1) is 0 Å². The molecule has 4 aromatic carbocycles. The number of rotatable bonds is 7. The minimum atomic E-state index is -0.176. The molecule has 0 atom stereocenters. The number of amides is 2. The number of carbonyl (C=O) groups excluding carboxylic acids is 2. The molecular weight excluding hydrogens is 528 g/mol. The van der Waals surface area contributed by atoms with E-state index in [2.05, 4.69) is 10.6 Å². The first-order valence-electron chi connectivity index (χ1n) is 13.9. The van der Waals surface area contributed by atoms with Crippen LogP contribution in [0.25, 0.3) is 43.6 Å². The molecule has 8 nitrogen and oxygen atoms in total. The minimum absolute atomic E-state index is 0.0686. The van der Waals surface area contributed by atoms with Gasteiger partial charge in [0, 0.05) is 59.9 Å². The van der Waals surface area contributed by atoms with Gasteiger partial charge < -0.3 is 19.8 Å². The summed E-state index contributed by atoms with van der Waals surface area (Å²) in [5, 5.41) is 8.11. The first-order valence-corrected chi connectivity index (χ1v) is 13.9. The normalized spacial score (nSPS) is 11.4. The number of carbonyl (C=O) groups is 2. The van der Waals surface area contributed by atoms with Crippen LogP contribution in [0.3, 0.4) is 0 Å². The summed E-state index contributed by atoms with van der Waals surface area (Å²) in [6.07, 6.45) is 1.56. The summed E-state index contributed by atoms with van der Waals surface area (Å²) < 4.78 is 3.95. The van der Waals surface area contributed by atoms with Crippen LogP contribution >= 0.6 is 0 Å². The molecule has 0 fully saturated rings. The topological polar surface area (TPSA) is 102 Å². The fourth-order valence-corrected chi connectivity index (χ4v) is 5.66. The van der Waals surface area contributed by atoms with Gasteiger partial charge in [0.05, 0.1) is 22.1 Å². The molecule has 6 aromatic rings. The van der Waals surface area contributed by atoms with Crippen LogP contribution in [0.2, 0.25) is 0 Å². The third-order valence-electron chi connectivity index (χ3n) is 7.85. The fraction of sp³-hybridized carbons (Fsp3) is 0.176. The second-order valence-corrected chi connectivity index (χ2v) is 10.6. The van der Waals surface area contributed by atoms with Gasteiger partial charge in [-0.25, -0.2) is 0 Å². The van der Waals surface area contributed by atoms with Gasteiger partial charge in [-0.2, -0.15) is 0 Å². The molecule has 0 radical (unpaired) electrons. The maximum Gasteiger partial charge on any atom is 0.224 e. The number of aryl methyl sites for hydroxylation is 2. The maximum absolute atomic E-state index is 13.1. The molecule has 0 unspecified atom stereocenters. The molecular formula is C34H30N4O4. The fourth-order valence-electron chi connectivity index (χ4n) is 5.66. The molecule has 2 aromatic heterocycles. The van der Waals surface area contributed by atoms with Crippen molar-refractivity contribution >= 4 is 66.8 Å². The maximum atomic E-state index is 13.1. The first kappa shape index (κ1) is 27.0. The molecule has 0 bridgehead atoms. The highest BCUT2D eigenvalue weighted by Gasteiger charge is 2.12. The first-order chi connectivity index (χ1) is 20.3. The van der Waals surface area contributed by atoms with Crippen molar-refractivity contribution in [2.24, 2.45) is 14.1 Å². The lowest BCUT2D eigenvalue weighted by molar-refractivity contribution is -0.118. The van der Waals surface area contributed by atoms with Crippen molar-refractivity contribution in [2.45, 2.75) is 25.7 Å². The third-order valence-corrected chi connectivity index (χ3v) is 7.85. The number of para-hydroxylation sites is 2. The average molecular weight is 559 g/mol. The number of unbranched alkanes of at least 4 members (excludes halogenated alkanes) is 1. The van der Waals surface area contributed by atoms with Crippen molar-refractivity contribution in [3.63, 3.8) is 0 Å². The molecule has 2 N–H and O–H groups in total. The zero-order chi connectivity index (χ0) is 29.4. The monoisotopic (exact) mass is 558 g/mol. The van der Waals surface area contributed by atoms with Crippen LogP contribution in [0.5, 0.6) is 0 Å². The highest BCUT2D eigenvalue weighted by Crippen LogP contribution is 2.23. The van der Waals surface area contributed by atoms with Crippen molar-refractivity contribution in [1.82, 2.24) is 9.13 Å². The second-order valence-electron chi connectivity index (χ2n) is 10.6. The van der Waals surface area contributed by atoms with Gasteiger partial charge in [0.2, 0.25) is 11.8 Å².